The molecule has 4 nitrogen and oxygen atoms in total. The zero-order valence-corrected chi connectivity index (χ0v) is 14.9. The summed E-state index contributed by atoms with van der Waals surface area (Å²) in [6.07, 6.45) is 3.30. The van der Waals surface area contributed by atoms with Crippen molar-refractivity contribution in [2.45, 2.75) is 70.7 Å². The molecule has 4 heteroatoms. The quantitative estimate of drug-likeness (QED) is 0.551. The third kappa shape index (κ3) is 1.78. The van der Waals surface area contributed by atoms with E-state index in [0.29, 0.717) is 18.8 Å². The van der Waals surface area contributed by atoms with Crippen LogP contribution in [0.25, 0.3) is 0 Å². The lowest BCUT2D eigenvalue weighted by atomic mass is 9.40. The van der Waals surface area contributed by atoms with Crippen molar-refractivity contribution in [1.82, 2.24) is 0 Å². The number of hydrogen-bond acceptors (Lipinski definition) is 4. The van der Waals surface area contributed by atoms with Crippen molar-refractivity contribution in [2.75, 3.05) is 6.61 Å². The molecule has 0 heterocycles. The van der Waals surface area contributed by atoms with E-state index in [4.69, 9.17) is 0 Å². The summed E-state index contributed by atoms with van der Waals surface area (Å²) in [7, 11) is 0. The molecule has 1 spiro atoms. The molecule has 4 saturated carbocycles. The molecule has 0 aromatic heterocycles. The van der Waals surface area contributed by atoms with E-state index in [1.54, 1.807) is 0 Å². The molecule has 4 rings (SSSR count). The third-order valence-electron chi connectivity index (χ3n) is 8.72. The van der Waals surface area contributed by atoms with Gasteiger partial charge in [0.15, 0.2) is 0 Å². The van der Waals surface area contributed by atoms with E-state index in [-0.39, 0.29) is 29.3 Å². The van der Waals surface area contributed by atoms with Crippen LogP contribution < -0.4 is 0 Å². The molecule has 24 heavy (non-hydrogen) atoms. The molecule has 0 aromatic carbocycles. The number of fused-ring (bicyclic) bond motifs is 3. The lowest BCUT2D eigenvalue weighted by molar-refractivity contribution is -0.226. The highest BCUT2D eigenvalue weighted by atomic mass is 16.3. The first kappa shape index (κ1) is 17.0. The lowest BCUT2D eigenvalue weighted by Gasteiger charge is -2.65. The summed E-state index contributed by atoms with van der Waals surface area (Å²) in [6.45, 7) is 8.53. The highest BCUT2D eigenvalue weighted by molar-refractivity contribution is 5.31. The van der Waals surface area contributed by atoms with Gasteiger partial charge in [-0.1, -0.05) is 20.4 Å². The van der Waals surface area contributed by atoms with Crippen LogP contribution in [-0.4, -0.2) is 45.3 Å². The Morgan fingerprint density at radius 3 is 2.42 bits per heavy atom. The summed E-state index contributed by atoms with van der Waals surface area (Å²) in [4.78, 5) is 0. The van der Waals surface area contributed by atoms with Crippen LogP contribution in [0.5, 0.6) is 0 Å². The van der Waals surface area contributed by atoms with Gasteiger partial charge in [-0.25, -0.2) is 0 Å². The maximum atomic E-state index is 11.1. The maximum Gasteiger partial charge on any atom is 0.0835 e. The molecule has 136 valence electrons. The third-order valence-corrected chi connectivity index (χ3v) is 8.72. The molecule has 0 unspecified atom stereocenters. The zero-order valence-electron chi connectivity index (χ0n) is 14.9. The summed E-state index contributed by atoms with van der Waals surface area (Å²) in [5, 5.41) is 42.7. The summed E-state index contributed by atoms with van der Waals surface area (Å²) in [5.74, 6) is 0.512. The Hall–Kier alpha value is -0.420. The molecule has 0 aromatic rings. The minimum absolute atomic E-state index is 0.0224. The highest BCUT2D eigenvalue weighted by Gasteiger charge is 2.70. The normalized spacial score (nSPS) is 59.8. The van der Waals surface area contributed by atoms with Gasteiger partial charge in [-0.3, -0.25) is 0 Å². The molecule has 4 aliphatic rings. The van der Waals surface area contributed by atoms with E-state index in [1.165, 1.54) is 0 Å². The van der Waals surface area contributed by atoms with Gasteiger partial charge in [-0.05, 0) is 66.8 Å². The fourth-order valence-electron chi connectivity index (χ4n) is 7.88. The van der Waals surface area contributed by atoms with Crippen molar-refractivity contribution >= 4 is 0 Å². The van der Waals surface area contributed by atoms with Gasteiger partial charge < -0.3 is 20.4 Å². The van der Waals surface area contributed by atoms with E-state index in [1.807, 2.05) is 0 Å². The molecule has 0 aliphatic heterocycles. The SMILES string of the molecule is C=C1[C@@H]2CC[C@@H]3[C@]4(C)C[C@H](O)C[C@@](C)(CO)[C@@H]4CC[C@]3([C@@H]2O)[C@H]1O. The monoisotopic (exact) mass is 336 g/mol. The van der Waals surface area contributed by atoms with E-state index in [9.17, 15) is 20.4 Å². The van der Waals surface area contributed by atoms with Crippen LogP contribution in [0, 0.1) is 34.0 Å². The van der Waals surface area contributed by atoms with Crippen LogP contribution in [-0.2, 0) is 0 Å². The zero-order chi connectivity index (χ0) is 17.5. The van der Waals surface area contributed by atoms with Gasteiger partial charge in [0.05, 0.1) is 18.3 Å². The predicted molar refractivity (Wildman–Crippen MR) is 91.1 cm³/mol. The van der Waals surface area contributed by atoms with Crippen LogP contribution in [0.2, 0.25) is 0 Å². The summed E-state index contributed by atoms with van der Waals surface area (Å²) < 4.78 is 0. The second-order valence-electron chi connectivity index (χ2n) is 9.74. The van der Waals surface area contributed by atoms with E-state index < -0.39 is 23.7 Å². The molecule has 9 atom stereocenters. The molecular formula is C20H32O4. The predicted octanol–water partition coefficient (Wildman–Crippen LogP) is 1.86. The van der Waals surface area contributed by atoms with Gasteiger partial charge in [0, 0.05) is 17.9 Å². The van der Waals surface area contributed by atoms with Crippen molar-refractivity contribution in [3.8, 4) is 0 Å². The second kappa shape index (κ2) is 5.06. The van der Waals surface area contributed by atoms with Gasteiger partial charge in [-0.2, -0.15) is 0 Å². The fraction of sp³-hybridized carbons (Fsp3) is 0.900. The molecule has 2 bridgehead atoms. The molecule has 0 radical (unpaired) electrons. The largest absolute Gasteiger partial charge is 0.396 e. The fourth-order valence-corrected chi connectivity index (χ4v) is 7.88. The minimum atomic E-state index is -0.637. The van der Waals surface area contributed by atoms with Crippen molar-refractivity contribution in [3.05, 3.63) is 12.2 Å². The van der Waals surface area contributed by atoms with Gasteiger partial charge in [0.1, 0.15) is 0 Å². The van der Waals surface area contributed by atoms with E-state index in [2.05, 4.69) is 20.4 Å². The van der Waals surface area contributed by atoms with Crippen LogP contribution in [0.4, 0.5) is 0 Å². The first-order chi connectivity index (χ1) is 11.2. The Labute approximate surface area is 144 Å². The highest BCUT2D eigenvalue weighted by Crippen LogP contribution is 2.71. The van der Waals surface area contributed by atoms with Crippen LogP contribution in [0.1, 0.15) is 52.4 Å². The number of hydrogen-bond donors (Lipinski definition) is 4. The first-order valence-corrected chi connectivity index (χ1v) is 9.54. The Kier molecular flexibility index (Phi) is 3.59. The number of aliphatic hydroxyl groups excluding tert-OH is 4. The molecular weight excluding hydrogens is 304 g/mol. The standard InChI is InChI=1S/C20H32O4/c1-11-13-4-5-15-19(3)9-12(22)8-18(2,10-21)14(19)6-7-20(15,16(11)23)17(13)24/h12-17,21-24H,1,4-10H2,2-3H3/t12-,13+,14+,15-,16+,17-,18+,19-,20-/m1/s1. The Morgan fingerprint density at radius 1 is 1.04 bits per heavy atom. The second-order valence-corrected chi connectivity index (χ2v) is 9.74. The van der Waals surface area contributed by atoms with E-state index in [0.717, 1.165) is 31.3 Å². The minimum Gasteiger partial charge on any atom is -0.396 e. The van der Waals surface area contributed by atoms with Gasteiger partial charge in [-0.15, -0.1) is 0 Å². The number of aliphatic hydroxyl groups is 4. The van der Waals surface area contributed by atoms with Crippen molar-refractivity contribution in [1.29, 1.82) is 0 Å². The van der Waals surface area contributed by atoms with Gasteiger partial charge in [0.2, 0.25) is 0 Å². The van der Waals surface area contributed by atoms with Crippen LogP contribution in [0.3, 0.4) is 0 Å². The smallest absolute Gasteiger partial charge is 0.0835 e. The summed E-state index contributed by atoms with van der Waals surface area (Å²) in [5.41, 5.74) is -0.131. The lowest BCUT2D eigenvalue weighted by Crippen LogP contribution is -2.64. The summed E-state index contributed by atoms with van der Waals surface area (Å²) in [6, 6.07) is 0. The molecule has 4 N–H and O–H groups in total. The topological polar surface area (TPSA) is 80.9 Å². The summed E-state index contributed by atoms with van der Waals surface area (Å²) >= 11 is 0. The average molecular weight is 336 g/mol. The number of rotatable bonds is 1. The van der Waals surface area contributed by atoms with Crippen molar-refractivity contribution in [2.24, 2.45) is 34.0 Å². The van der Waals surface area contributed by atoms with Crippen molar-refractivity contribution in [3.63, 3.8) is 0 Å². The Morgan fingerprint density at radius 2 is 1.75 bits per heavy atom. The van der Waals surface area contributed by atoms with Gasteiger partial charge >= 0.3 is 0 Å². The first-order valence-electron chi connectivity index (χ1n) is 9.54. The Bertz CT molecular complexity index is 562. The van der Waals surface area contributed by atoms with Crippen molar-refractivity contribution < 1.29 is 20.4 Å². The molecule has 4 aliphatic carbocycles. The van der Waals surface area contributed by atoms with Crippen LogP contribution in [0.15, 0.2) is 12.2 Å². The molecule has 4 fully saturated rings. The van der Waals surface area contributed by atoms with Gasteiger partial charge in [0.25, 0.3) is 0 Å². The maximum absolute atomic E-state index is 11.1. The van der Waals surface area contributed by atoms with E-state index >= 15 is 0 Å². The Balaban J connectivity index is 1.81. The molecule has 0 amide bonds. The van der Waals surface area contributed by atoms with Crippen LogP contribution >= 0.6 is 0 Å². The molecule has 0 saturated heterocycles. The average Bonchev–Trinajstić information content (AvgIpc) is 2.63.